The smallest absolute Gasteiger partial charge is 0.263 e. The first-order valence-electron chi connectivity index (χ1n) is 11.3. The Kier molecular flexibility index (Phi) is 6.53. The van der Waals surface area contributed by atoms with Crippen molar-refractivity contribution in [2.45, 2.75) is 64.4 Å². The standard InChI is InChI=1S/C26H33NO2/c1-2-25(29-24-13-12-22-10-6-7-11-23(22)19-24)26(28)27-16-14-21(15-17-27)18-20-8-4-3-5-9-20/h3-5,8-9,12-13,19,21,25H,2,6-7,10-11,14-18H2,1H3. The summed E-state index contributed by atoms with van der Waals surface area (Å²) in [5.74, 6) is 1.68. The van der Waals surface area contributed by atoms with Crippen LogP contribution in [0.25, 0.3) is 0 Å². The Morgan fingerprint density at radius 2 is 1.76 bits per heavy atom. The monoisotopic (exact) mass is 391 g/mol. The number of hydrogen-bond acceptors (Lipinski definition) is 2. The van der Waals surface area contributed by atoms with Gasteiger partial charge in [-0.15, -0.1) is 0 Å². The van der Waals surface area contributed by atoms with Gasteiger partial charge in [0.25, 0.3) is 5.91 Å². The number of carbonyl (C=O) groups is 1. The highest BCUT2D eigenvalue weighted by Crippen LogP contribution is 2.27. The molecule has 0 radical (unpaired) electrons. The van der Waals surface area contributed by atoms with Crippen LogP contribution in [0.1, 0.15) is 55.7 Å². The van der Waals surface area contributed by atoms with E-state index in [0.29, 0.717) is 12.3 Å². The van der Waals surface area contributed by atoms with Crippen LogP contribution >= 0.6 is 0 Å². The van der Waals surface area contributed by atoms with Crippen molar-refractivity contribution in [2.24, 2.45) is 5.92 Å². The molecule has 1 amide bonds. The van der Waals surface area contributed by atoms with Gasteiger partial charge >= 0.3 is 0 Å². The molecule has 29 heavy (non-hydrogen) atoms. The summed E-state index contributed by atoms with van der Waals surface area (Å²) < 4.78 is 6.18. The largest absolute Gasteiger partial charge is 0.481 e. The molecule has 1 aliphatic carbocycles. The number of aryl methyl sites for hydroxylation is 2. The Hall–Kier alpha value is -2.29. The van der Waals surface area contributed by atoms with Crippen molar-refractivity contribution < 1.29 is 9.53 Å². The van der Waals surface area contributed by atoms with Gasteiger partial charge in [0.1, 0.15) is 5.75 Å². The summed E-state index contributed by atoms with van der Waals surface area (Å²) in [5, 5.41) is 0. The van der Waals surface area contributed by atoms with Crippen LogP contribution in [0.3, 0.4) is 0 Å². The molecule has 0 saturated carbocycles. The van der Waals surface area contributed by atoms with Crippen LogP contribution in [-0.2, 0) is 24.1 Å². The summed E-state index contributed by atoms with van der Waals surface area (Å²) in [6, 6.07) is 17.1. The van der Waals surface area contributed by atoms with E-state index in [2.05, 4.69) is 42.5 Å². The van der Waals surface area contributed by atoms with Crippen molar-refractivity contribution in [2.75, 3.05) is 13.1 Å². The van der Waals surface area contributed by atoms with E-state index in [4.69, 9.17) is 4.74 Å². The second-order valence-electron chi connectivity index (χ2n) is 8.61. The topological polar surface area (TPSA) is 29.5 Å². The van der Waals surface area contributed by atoms with Crippen LogP contribution in [-0.4, -0.2) is 30.0 Å². The summed E-state index contributed by atoms with van der Waals surface area (Å²) in [6.07, 6.45) is 8.45. The first-order chi connectivity index (χ1) is 14.2. The average molecular weight is 392 g/mol. The molecule has 0 N–H and O–H groups in total. The van der Waals surface area contributed by atoms with Gasteiger partial charge in [0.2, 0.25) is 0 Å². The number of fused-ring (bicyclic) bond motifs is 1. The van der Waals surface area contributed by atoms with E-state index in [9.17, 15) is 4.79 Å². The minimum Gasteiger partial charge on any atom is -0.481 e. The van der Waals surface area contributed by atoms with E-state index < -0.39 is 0 Å². The minimum atomic E-state index is -0.373. The first kappa shape index (κ1) is 20.0. The number of ether oxygens (including phenoxy) is 1. The highest BCUT2D eigenvalue weighted by Gasteiger charge is 2.29. The van der Waals surface area contributed by atoms with Crippen molar-refractivity contribution in [3.8, 4) is 5.75 Å². The molecule has 0 aromatic heterocycles. The quantitative estimate of drug-likeness (QED) is 0.677. The maximum absolute atomic E-state index is 13.1. The van der Waals surface area contributed by atoms with Crippen LogP contribution in [0.15, 0.2) is 48.5 Å². The van der Waals surface area contributed by atoms with E-state index in [1.54, 1.807) is 0 Å². The molecule has 4 rings (SSSR count). The molecule has 3 nitrogen and oxygen atoms in total. The number of benzene rings is 2. The number of piperidine rings is 1. The Bertz CT molecular complexity index is 809. The molecule has 2 aromatic rings. The normalized spacial score (nSPS) is 18.2. The fourth-order valence-corrected chi connectivity index (χ4v) is 4.76. The van der Waals surface area contributed by atoms with E-state index in [0.717, 1.165) is 44.5 Å². The third-order valence-electron chi connectivity index (χ3n) is 6.54. The predicted molar refractivity (Wildman–Crippen MR) is 117 cm³/mol. The van der Waals surface area contributed by atoms with Gasteiger partial charge in [0, 0.05) is 13.1 Å². The zero-order valence-corrected chi connectivity index (χ0v) is 17.6. The number of hydrogen-bond donors (Lipinski definition) is 0. The maximum Gasteiger partial charge on any atom is 0.263 e. The van der Waals surface area contributed by atoms with Crippen LogP contribution in [0.2, 0.25) is 0 Å². The Morgan fingerprint density at radius 1 is 1.03 bits per heavy atom. The van der Waals surface area contributed by atoms with E-state index in [-0.39, 0.29) is 12.0 Å². The van der Waals surface area contributed by atoms with Crippen LogP contribution in [0, 0.1) is 5.92 Å². The maximum atomic E-state index is 13.1. The van der Waals surface area contributed by atoms with Gasteiger partial charge in [-0.25, -0.2) is 0 Å². The van der Waals surface area contributed by atoms with Crippen molar-refractivity contribution in [3.05, 3.63) is 65.2 Å². The molecule has 1 fully saturated rings. The van der Waals surface area contributed by atoms with Gasteiger partial charge in [-0.05, 0) is 86.1 Å². The van der Waals surface area contributed by atoms with E-state index >= 15 is 0 Å². The van der Waals surface area contributed by atoms with Crippen LogP contribution < -0.4 is 4.74 Å². The summed E-state index contributed by atoms with van der Waals surface area (Å²) in [5.41, 5.74) is 4.25. The average Bonchev–Trinajstić information content (AvgIpc) is 2.78. The molecule has 0 spiro atoms. The molecular weight excluding hydrogens is 358 g/mol. The molecule has 1 saturated heterocycles. The number of carbonyl (C=O) groups excluding carboxylic acids is 1. The van der Waals surface area contributed by atoms with E-state index in [1.165, 1.54) is 36.0 Å². The zero-order chi connectivity index (χ0) is 20.1. The molecule has 2 aromatic carbocycles. The highest BCUT2D eigenvalue weighted by atomic mass is 16.5. The number of likely N-dealkylation sites (tertiary alicyclic amines) is 1. The fourth-order valence-electron chi connectivity index (χ4n) is 4.76. The molecule has 154 valence electrons. The summed E-state index contributed by atoms with van der Waals surface area (Å²) in [7, 11) is 0. The molecule has 0 bridgehead atoms. The lowest BCUT2D eigenvalue weighted by Gasteiger charge is -2.34. The lowest BCUT2D eigenvalue weighted by atomic mass is 9.90. The highest BCUT2D eigenvalue weighted by molar-refractivity contribution is 5.81. The predicted octanol–water partition coefficient (Wildman–Crippen LogP) is 5.20. The Morgan fingerprint density at radius 3 is 2.48 bits per heavy atom. The number of nitrogens with zero attached hydrogens (tertiary/aromatic N) is 1. The first-order valence-corrected chi connectivity index (χ1v) is 11.3. The summed E-state index contributed by atoms with van der Waals surface area (Å²) >= 11 is 0. The lowest BCUT2D eigenvalue weighted by Crippen LogP contribution is -2.45. The van der Waals surface area contributed by atoms with Crippen molar-refractivity contribution in [3.63, 3.8) is 0 Å². The summed E-state index contributed by atoms with van der Waals surface area (Å²) in [6.45, 7) is 3.74. The molecule has 1 unspecified atom stereocenters. The molecular formula is C26H33NO2. The fraction of sp³-hybridized carbons (Fsp3) is 0.500. The Labute approximate surface area is 175 Å². The third kappa shape index (κ3) is 5.01. The molecule has 1 aliphatic heterocycles. The van der Waals surface area contributed by atoms with Gasteiger partial charge in [-0.3, -0.25) is 4.79 Å². The van der Waals surface area contributed by atoms with Gasteiger partial charge in [-0.1, -0.05) is 43.3 Å². The number of amides is 1. The second-order valence-corrected chi connectivity index (χ2v) is 8.61. The summed E-state index contributed by atoms with van der Waals surface area (Å²) in [4.78, 5) is 15.1. The van der Waals surface area contributed by atoms with Crippen LogP contribution in [0.4, 0.5) is 0 Å². The van der Waals surface area contributed by atoms with Gasteiger partial charge < -0.3 is 9.64 Å². The van der Waals surface area contributed by atoms with Crippen LogP contribution in [0.5, 0.6) is 5.75 Å². The van der Waals surface area contributed by atoms with Crippen molar-refractivity contribution in [1.29, 1.82) is 0 Å². The SMILES string of the molecule is CCC(Oc1ccc2c(c1)CCCC2)C(=O)N1CCC(Cc2ccccc2)CC1. The molecule has 3 heteroatoms. The van der Waals surface area contributed by atoms with Crippen molar-refractivity contribution in [1.82, 2.24) is 4.90 Å². The minimum absolute atomic E-state index is 0.156. The molecule has 1 heterocycles. The Balaban J connectivity index is 1.32. The van der Waals surface area contributed by atoms with E-state index in [1.807, 2.05) is 17.9 Å². The molecule has 1 atom stereocenters. The lowest BCUT2D eigenvalue weighted by molar-refractivity contribution is -0.140. The van der Waals surface area contributed by atoms with Gasteiger partial charge in [0.05, 0.1) is 0 Å². The van der Waals surface area contributed by atoms with Gasteiger partial charge in [-0.2, -0.15) is 0 Å². The van der Waals surface area contributed by atoms with Gasteiger partial charge in [0.15, 0.2) is 6.10 Å². The second kappa shape index (κ2) is 9.47. The number of rotatable bonds is 6. The third-order valence-corrected chi connectivity index (χ3v) is 6.54. The molecule has 2 aliphatic rings. The zero-order valence-electron chi connectivity index (χ0n) is 17.6. The van der Waals surface area contributed by atoms with Crippen molar-refractivity contribution >= 4 is 5.91 Å².